The van der Waals surface area contributed by atoms with Crippen LogP contribution in [0, 0.1) is 6.92 Å². The number of imidazole rings is 1. The molecule has 1 amide bonds. The molecule has 7 heteroatoms. The summed E-state index contributed by atoms with van der Waals surface area (Å²) in [5, 5.41) is 0. The highest BCUT2D eigenvalue weighted by atomic mass is 16.5. The van der Waals surface area contributed by atoms with E-state index in [9.17, 15) is 9.59 Å². The third kappa shape index (κ3) is 2.27. The fraction of sp³-hybridized carbons (Fsp3) is 0.385. The fourth-order valence-corrected chi connectivity index (χ4v) is 2.32. The number of carbonyl (C=O) groups is 1. The van der Waals surface area contributed by atoms with E-state index >= 15 is 0 Å². The average Bonchev–Trinajstić information content (AvgIpc) is 3.08. The van der Waals surface area contributed by atoms with Crippen LogP contribution in [0.15, 0.2) is 27.6 Å². The van der Waals surface area contributed by atoms with Gasteiger partial charge in [0.05, 0.1) is 19.4 Å². The van der Waals surface area contributed by atoms with E-state index in [1.165, 1.54) is 0 Å². The Hall–Kier alpha value is -2.28. The second-order valence-corrected chi connectivity index (χ2v) is 4.71. The van der Waals surface area contributed by atoms with Crippen molar-refractivity contribution in [2.45, 2.75) is 13.0 Å². The summed E-state index contributed by atoms with van der Waals surface area (Å²) in [4.78, 5) is 30.4. The van der Waals surface area contributed by atoms with Crippen LogP contribution in [-0.2, 0) is 4.74 Å². The third-order valence-corrected chi connectivity index (χ3v) is 3.34. The molecule has 106 valence electrons. The van der Waals surface area contributed by atoms with E-state index in [1.807, 2.05) is 6.07 Å². The summed E-state index contributed by atoms with van der Waals surface area (Å²) in [6.07, 6.45) is 1.31. The molecule has 0 aliphatic carbocycles. The number of carbonyl (C=O) groups excluding carboxylic acids is 1. The molecule has 0 bridgehead atoms. The molecule has 1 atom stereocenters. The first-order valence-electron chi connectivity index (χ1n) is 6.38. The second-order valence-electron chi connectivity index (χ2n) is 4.71. The van der Waals surface area contributed by atoms with E-state index in [0.717, 1.165) is 0 Å². The largest absolute Gasteiger partial charge is 0.467 e. The molecular weight excluding hydrogens is 262 g/mol. The van der Waals surface area contributed by atoms with Gasteiger partial charge in [-0.05, 0) is 19.1 Å². The smallest absolute Gasteiger partial charge is 0.323 e. The van der Waals surface area contributed by atoms with Crippen molar-refractivity contribution in [2.24, 2.45) is 0 Å². The third-order valence-electron chi connectivity index (χ3n) is 3.34. The highest BCUT2D eigenvalue weighted by Crippen LogP contribution is 2.23. The lowest BCUT2D eigenvalue weighted by Gasteiger charge is -2.31. The van der Waals surface area contributed by atoms with Gasteiger partial charge in [0.1, 0.15) is 17.6 Å². The first kappa shape index (κ1) is 12.7. The quantitative estimate of drug-likeness (QED) is 0.850. The number of nitrogens with zero attached hydrogens (tertiary/aromatic N) is 1. The second kappa shape index (κ2) is 5.01. The zero-order valence-corrected chi connectivity index (χ0v) is 11.0. The number of aryl methyl sites for hydroxylation is 1. The monoisotopic (exact) mass is 277 g/mol. The molecule has 0 saturated carbocycles. The van der Waals surface area contributed by atoms with Gasteiger partial charge in [0.25, 0.3) is 5.91 Å². The minimum atomic E-state index is -0.373. The van der Waals surface area contributed by atoms with Gasteiger partial charge < -0.3 is 24.0 Å². The van der Waals surface area contributed by atoms with Crippen molar-refractivity contribution in [2.75, 3.05) is 19.7 Å². The lowest BCUT2D eigenvalue weighted by molar-refractivity contribution is -0.0323. The first-order valence-corrected chi connectivity index (χ1v) is 6.38. The Labute approximate surface area is 114 Å². The van der Waals surface area contributed by atoms with Crippen LogP contribution in [0.1, 0.15) is 28.0 Å². The maximum atomic E-state index is 12.4. The molecule has 1 unspecified atom stereocenters. The van der Waals surface area contributed by atoms with Crippen molar-refractivity contribution in [3.8, 4) is 0 Å². The summed E-state index contributed by atoms with van der Waals surface area (Å²) in [5.74, 6) is 0.488. The summed E-state index contributed by atoms with van der Waals surface area (Å²) in [6, 6.07) is 3.61. The molecule has 2 N–H and O–H groups in total. The van der Waals surface area contributed by atoms with Gasteiger partial charge in [-0.2, -0.15) is 0 Å². The molecule has 1 fully saturated rings. The SMILES string of the molecule is Cc1[nH]c(=O)[nH]c1C(=O)N1CCOC(c2ccco2)C1. The van der Waals surface area contributed by atoms with Crippen LogP contribution in [-0.4, -0.2) is 40.5 Å². The van der Waals surface area contributed by atoms with Crippen molar-refractivity contribution in [3.05, 3.63) is 46.0 Å². The molecule has 0 aromatic carbocycles. The molecule has 3 heterocycles. The highest BCUT2D eigenvalue weighted by molar-refractivity contribution is 5.93. The minimum Gasteiger partial charge on any atom is -0.467 e. The van der Waals surface area contributed by atoms with Gasteiger partial charge in [-0.15, -0.1) is 0 Å². The molecule has 3 rings (SSSR count). The lowest BCUT2D eigenvalue weighted by Crippen LogP contribution is -2.42. The average molecular weight is 277 g/mol. The number of morpholine rings is 1. The molecule has 1 aliphatic rings. The maximum Gasteiger partial charge on any atom is 0.323 e. The van der Waals surface area contributed by atoms with Crippen LogP contribution in [0.2, 0.25) is 0 Å². The zero-order chi connectivity index (χ0) is 14.1. The van der Waals surface area contributed by atoms with E-state index in [4.69, 9.17) is 9.15 Å². The Morgan fingerprint density at radius 3 is 2.95 bits per heavy atom. The fourth-order valence-electron chi connectivity index (χ4n) is 2.32. The van der Waals surface area contributed by atoms with Crippen LogP contribution in [0.4, 0.5) is 0 Å². The predicted octanol–water partition coefficient (Wildman–Crippen LogP) is 0.818. The molecule has 2 aromatic rings. The number of hydrogen-bond acceptors (Lipinski definition) is 4. The molecule has 0 spiro atoms. The number of furan rings is 1. The summed E-state index contributed by atoms with van der Waals surface area (Å²) >= 11 is 0. The van der Waals surface area contributed by atoms with Gasteiger partial charge in [0.15, 0.2) is 0 Å². The number of amides is 1. The van der Waals surface area contributed by atoms with Crippen LogP contribution in [0.3, 0.4) is 0 Å². The van der Waals surface area contributed by atoms with Gasteiger partial charge in [-0.1, -0.05) is 0 Å². The van der Waals surface area contributed by atoms with Crippen LogP contribution in [0.25, 0.3) is 0 Å². The summed E-state index contributed by atoms with van der Waals surface area (Å²) in [7, 11) is 0. The number of H-pyrrole nitrogens is 2. The summed E-state index contributed by atoms with van der Waals surface area (Å²) in [5.41, 5.74) is 0.470. The Morgan fingerprint density at radius 2 is 2.30 bits per heavy atom. The number of nitrogens with one attached hydrogen (secondary N) is 2. The molecule has 7 nitrogen and oxygen atoms in total. The van der Waals surface area contributed by atoms with Gasteiger partial charge in [0, 0.05) is 12.2 Å². The molecule has 0 radical (unpaired) electrons. The van der Waals surface area contributed by atoms with E-state index in [0.29, 0.717) is 36.8 Å². The van der Waals surface area contributed by atoms with Gasteiger partial charge in [0.2, 0.25) is 0 Å². The Bertz CT molecular complexity index is 655. The maximum absolute atomic E-state index is 12.4. The van der Waals surface area contributed by atoms with Crippen LogP contribution < -0.4 is 5.69 Å². The van der Waals surface area contributed by atoms with Gasteiger partial charge >= 0.3 is 5.69 Å². The van der Waals surface area contributed by atoms with E-state index in [-0.39, 0.29) is 17.7 Å². The van der Waals surface area contributed by atoms with E-state index < -0.39 is 0 Å². The standard InChI is InChI=1S/C13H15N3O4/c1-8-11(15-13(18)14-8)12(17)16-4-6-20-10(7-16)9-3-2-5-19-9/h2-3,5,10H,4,6-7H2,1H3,(H2,14,15,18). The molecule has 2 aromatic heterocycles. The lowest BCUT2D eigenvalue weighted by atomic mass is 10.2. The number of rotatable bonds is 2. The minimum absolute atomic E-state index is 0.208. The Balaban J connectivity index is 1.78. The summed E-state index contributed by atoms with van der Waals surface area (Å²) < 4.78 is 10.9. The van der Waals surface area contributed by atoms with Crippen LogP contribution in [0.5, 0.6) is 0 Å². The van der Waals surface area contributed by atoms with Gasteiger partial charge in [-0.25, -0.2) is 4.79 Å². The molecule has 1 aliphatic heterocycles. The molecular formula is C13H15N3O4. The van der Waals surface area contributed by atoms with Gasteiger partial charge in [-0.3, -0.25) is 4.79 Å². The van der Waals surface area contributed by atoms with Crippen molar-refractivity contribution < 1.29 is 13.9 Å². The topological polar surface area (TPSA) is 91.3 Å². The van der Waals surface area contributed by atoms with Crippen molar-refractivity contribution in [1.29, 1.82) is 0 Å². The van der Waals surface area contributed by atoms with E-state index in [1.54, 1.807) is 24.2 Å². The van der Waals surface area contributed by atoms with Crippen LogP contribution >= 0.6 is 0 Å². The Morgan fingerprint density at radius 1 is 1.45 bits per heavy atom. The van der Waals surface area contributed by atoms with E-state index in [2.05, 4.69) is 9.97 Å². The highest BCUT2D eigenvalue weighted by Gasteiger charge is 2.29. The van der Waals surface area contributed by atoms with Crippen molar-refractivity contribution in [1.82, 2.24) is 14.9 Å². The number of aromatic nitrogens is 2. The molecule has 1 saturated heterocycles. The summed E-state index contributed by atoms with van der Waals surface area (Å²) in [6.45, 7) is 3.02. The first-order chi connectivity index (χ1) is 9.65. The number of aromatic amines is 2. The van der Waals surface area contributed by atoms with Crippen molar-refractivity contribution in [3.63, 3.8) is 0 Å². The normalized spacial score (nSPS) is 19.2. The van der Waals surface area contributed by atoms with Crippen molar-refractivity contribution >= 4 is 5.91 Å². The number of ether oxygens (including phenoxy) is 1. The Kier molecular flexibility index (Phi) is 3.19. The number of hydrogen-bond donors (Lipinski definition) is 2. The predicted molar refractivity (Wildman–Crippen MR) is 69.5 cm³/mol. The molecule has 20 heavy (non-hydrogen) atoms. The zero-order valence-electron chi connectivity index (χ0n) is 11.0.